The van der Waals surface area contributed by atoms with Crippen LogP contribution in [0, 0.1) is 17.3 Å². The Morgan fingerprint density at radius 2 is 1.81 bits per heavy atom. The van der Waals surface area contributed by atoms with Gasteiger partial charge in [-0.25, -0.2) is 4.79 Å². The van der Waals surface area contributed by atoms with Crippen LogP contribution in [-0.2, 0) is 9.53 Å². The normalized spacial score (nSPS) is 28.6. The van der Waals surface area contributed by atoms with Crippen molar-refractivity contribution in [2.24, 2.45) is 17.3 Å². The number of hydrogen-bond acceptors (Lipinski definition) is 3. The standard InChI is InChI=1S/C13H24O3/c1-9-5-7-10(8-6-9)13(2,3)11(14)12(15)16-4/h9-11,14H,5-8H2,1-4H3. The van der Waals surface area contributed by atoms with Crippen LogP contribution in [0.15, 0.2) is 0 Å². The number of ether oxygens (including phenoxy) is 1. The number of aliphatic hydroxyl groups excluding tert-OH is 1. The van der Waals surface area contributed by atoms with Crippen molar-refractivity contribution in [2.45, 2.75) is 52.6 Å². The minimum absolute atomic E-state index is 0.382. The quantitative estimate of drug-likeness (QED) is 0.754. The van der Waals surface area contributed by atoms with E-state index in [0.29, 0.717) is 5.92 Å². The second-order valence-corrected chi connectivity index (χ2v) is 5.70. The van der Waals surface area contributed by atoms with Gasteiger partial charge in [-0.3, -0.25) is 0 Å². The molecule has 0 saturated heterocycles. The average molecular weight is 228 g/mol. The molecule has 94 valence electrons. The van der Waals surface area contributed by atoms with E-state index in [4.69, 9.17) is 0 Å². The maximum Gasteiger partial charge on any atom is 0.335 e. The Bertz CT molecular complexity index is 240. The van der Waals surface area contributed by atoms with Crippen LogP contribution >= 0.6 is 0 Å². The van der Waals surface area contributed by atoms with E-state index in [0.717, 1.165) is 18.8 Å². The molecule has 0 spiro atoms. The van der Waals surface area contributed by atoms with Crippen molar-refractivity contribution in [3.8, 4) is 0 Å². The van der Waals surface area contributed by atoms with Gasteiger partial charge < -0.3 is 9.84 Å². The molecular formula is C13H24O3. The summed E-state index contributed by atoms with van der Waals surface area (Å²) in [6.07, 6.45) is 3.59. The molecule has 3 heteroatoms. The van der Waals surface area contributed by atoms with Gasteiger partial charge in [0.15, 0.2) is 6.10 Å². The molecule has 0 radical (unpaired) electrons. The zero-order valence-electron chi connectivity index (χ0n) is 10.8. The van der Waals surface area contributed by atoms with Crippen molar-refractivity contribution >= 4 is 5.97 Å². The van der Waals surface area contributed by atoms with E-state index < -0.39 is 12.1 Å². The van der Waals surface area contributed by atoms with Crippen LogP contribution in [-0.4, -0.2) is 24.3 Å². The minimum Gasteiger partial charge on any atom is -0.467 e. The van der Waals surface area contributed by atoms with Crippen LogP contribution < -0.4 is 0 Å². The number of esters is 1. The summed E-state index contributed by atoms with van der Waals surface area (Å²) in [4.78, 5) is 11.4. The smallest absolute Gasteiger partial charge is 0.335 e. The predicted molar refractivity (Wildman–Crippen MR) is 62.9 cm³/mol. The summed E-state index contributed by atoms with van der Waals surface area (Å²) >= 11 is 0. The molecule has 3 nitrogen and oxygen atoms in total. The Morgan fingerprint density at radius 3 is 2.25 bits per heavy atom. The molecule has 0 aromatic heterocycles. The first kappa shape index (κ1) is 13.5. The van der Waals surface area contributed by atoms with Gasteiger partial charge in [0.1, 0.15) is 0 Å². The van der Waals surface area contributed by atoms with Crippen LogP contribution in [0.1, 0.15) is 46.5 Å². The molecular weight excluding hydrogens is 204 g/mol. The van der Waals surface area contributed by atoms with Gasteiger partial charge in [0.05, 0.1) is 7.11 Å². The second kappa shape index (κ2) is 5.17. The lowest BCUT2D eigenvalue weighted by Crippen LogP contribution is -2.43. The summed E-state index contributed by atoms with van der Waals surface area (Å²) < 4.78 is 4.62. The van der Waals surface area contributed by atoms with E-state index in [1.807, 2.05) is 13.8 Å². The lowest BCUT2D eigenvalue weighted by molar-refractivity contribution is -0.160. The largest absolute Gasteiger partial charge is 0.467 e. The summed E-state index contributed by atoms with van der Waals surface area (Å²) in [6, 6.07) is 0. The Hall–Kier alpha value is -0.570. The fourth-order valence-electron chi connectivity index (χ4n) is 2.64. The molecule has 0 bridgehead atoms. The molecule has 1 unspecified atom stereocenters. The highest BCUT2D eigenvalue weighted by atomic mass is 16.5. The van der Waals surface area contributed by atoms with Crippen LogP contribution in [0.2, 0.25) is 0 Å². The van der Waals surface area contributed by atoms with E-state index in [-0.39, 0.29) is 5.41 Å². The van der Waals surface area contributed by atoms with Crippen LogP contribution in [0.4, 0.5) is 0 Å². The second-order valence-electron chi connectivity index (χ2n) is 5.70. The average Bonchev–Trinajstić information content (AvgIpc) is 2.27. The van der Waals surface area contributed by atoms with Crippen molar-refractivity contribution in [1.82, 2.24) is 0 Å². The molecule has 1 N–H and O–H groups in total. The molecule has 16 heavy (non-hydrogen) atoms. The number of rotatable bonds is 3. The third-order valence-electron chi connectivity index (χ3n) is 4.20. The molecule has 1 saturated carbocycles. The zero-order chi connectivity index (χ0) is 12.3. The summed E-state index contributed by atoms with van der Waals surface area (Å²) in [7, 11) is 1.32. The lowest BCUT2D eigenvalue weighted by Gasteiger charge is -2.40. The Kier molecular flexibility index (Phi) is 4.36. The maximum absolute atomic E-state index is 11.4. The summed E-state index contributed by atoms with van der Waals surface area (Å²) in [5, 5.41) is 9.99. The molecule has 1 aliphatic rings. The highest BCUT2D eigenvalue weighted by Crippen LogP contribution is 2.42. The molecule has 1 aliphatic carbocycles. The van der Waals surface area contributed by atoms with Gasteiger partial charge >= 0.3 is 5.97 Å². The van der Waals surface area contributed by atoms with E-state index in [9.17, 15) is 9.90 Å². The molecule has 1 fully saturated rings. The van der Waals surface area contributed by atoms with Gasteiger partial charge in [0.2, 0.25) is 0 Å². The molecule has 0 heterocycles. The fraction of sp³-hybridized carbons (Fsp3) is 0.923. The first-order chi connectivity index (χ1) is 7.39. The topological polar surface area (TPSA) is 46.5 Å². The number of carbonyl (C=O) groups is 1. The van der Waals surface area contributed by atoms with Crippen LogP contribution in [0.25, 0.3) is 0 Å². The minimum atomic E-state index is -1.00. The molecule has 0 amide bonds. The molecule has 0 aliphatic heterocycles. The zero-order valence-corrected chi connectivity index (χ0v) is 10.8. The number of hydrogen-bond donors (Lipinski definition) is 1. The SMILES string of the molecule is COC(=O)C(O)C(C)(C)C1CCC(C)CC1. The van der Waals surface area contributed by atoms with Crippen molar-refractivity contribution in [1.29, 1.82) is 0 Å². The molecule has 1 atom stereocenters. The van der Waals surface area contributed by atoms with Crippen molar-refractivity contribution in [3.63, 3.8) is 0 Å². The van der Waals surface area contributed by atoms with Crippen molar-refractivity contribution < 1.29 is 14.6 Å². The fourth-order valence-corrected chi connectivity index (χ4v) is 2.64. The van der Waals surface area contributed by atoms with E-state index in [1.165, 1.54) is 20.0 Å². The maximum atomic E-state index is 11.4. The third kappa shape index (κ3) is 2.76. The van der Waals surface area contributed by atoms with E-state index in [2.05, 4.69) is 11.7 Å². The van der Waals surface area contributed by atoms with E-state index >= 15 is 0 Å². The first-order valence-electron chi connectivity index (χ1n) is 6.15. The Balaban J connectivity index is 2.65. The van der Waals surface area contributed by atoms with Gasteiger partial charge in [-0.05, 0) is 24.7 Å². The predicted octanol–water partition coefficient (Wildman–Crippen LogP) is 2.37. The monoisotopic (exact) mass is 228 g/mol. The number of methoxy groups -OCH3 is 1. The van der Waals surface area contributed by atoms with Crippen molar-refractivity contribution in [2.75, 3.05) is 7.11 Å². The summed E-state index contributed by atoms with van der Waals surface area (Å²) in [5.74, 6) is 0.684. The lowest BCUT2D eigenvalue weighted by atomic mass is 9.66. The molecule has 1 rings (SSSR count). The van der Waals surface area contributed by atoms with Gasteiger partial charge in [0, 0.05) is 5.41 Å². The van der Waals surface area contributed by atoms with Gasteiger partial charge in [-0.1, -0.05) is 33.6 Å². The van der Waals surface area contributed by atoms with Gasteiger partial charge in [0.25, 0.3) is 0 Å². The third-order valence-corrected chi connectivity index (χ3v) is 4.20. The highest BCUT2D eigenvalue weighted by Gasteiger charge is 2.41. The number of aliphatic hydroxyl groups is 1. The van der Waals surface area contributed by atoms with Gasteiger partial charge in [-0.2, -0.15) is 0 Å². The number of carbonyl (C=O) groups excluding carboxylic acids is 1. The Morgan fingerprint density at radius 1 is 1.31 bits per heavy atom. The summed E-state index contributed by atoms with van der Waals surface area (Å²) in [5.41, 5.74) is -0.382. The van der Waals surface area contributed by atoms with Gasteiger partial charge in [-0.15, -0.1) is 0 Å². The van der Waals surface area contributed by atoms with E-state index in [1.54, 1.807) is 0 Å². The Labute approximate surface area is 98.2 Å². The van der Waals surface area contributed by atoms with Crippen LogP contribution in [0.5, 0.6) is 0 Å². The molecule has 0 aromatic rings. The highest BCUT2D eigenvalue weighted by molar-refractivity contribution is 5.75. The van der Waals surface area contributed by atoms with Crippen molar-refractivity contribution in [3.05, 3.63) is 0 Å². The summed E-state index contributed by atoms with van der Waals surface area (Å²) in [6.45, 7) is 6.20. The van der Waals surface area contributed by atoms with Crippen LogP contribution in [0.3, 0.4) is 0 Å². The molecule has 0 aromatic carbocycles. The first-order valence-corrected chi connectivity index (χ1v) is 6.15.